The Morgan fingerprint density at radius 2 is 2.14 bits per heavy atom. The summed E-state index contributed by atoms with van der Waals surface area (Å²) in [5.74, 6) is -0.168. The van der Waals surface area contributed by atoms with Crippen LogP contribution < -0.4 is 5.32 Å². The second kappa shape index (κ2) is 7.62. The number of likely N-dealkylation sites (tertiary alicyclic amines) is 1. The van der Waals surface area contributed by atoms with E-state index >= 15 is 0 Å². The largest absolute Gasteiger partial charge is 0.394 e. The van der Waals surface area contributed by atoms with Crippen LogP contribution in [0.1, 0.15) is 46.5 Å². The predicted molar refractivity (Wildman–Crippen MR) is 79.1 cm³/mol. The first-order valence-corrected chi connectivity index (χ1v) is 7.53. The normalized spacial score (nSPS) is 23.7. The fourth-order valence-electron chi connectivity index (χ4n) is 2.77. The van der Waals surface area contributed by atoms with Crippen molar-refractivity contribution in [3.05, 3.63) is 0 Å². The average molecular weight is 297 g/mol. The van der Waals surface area contributed by atoms with Gasteiger partial charge in [0, 0.05) is 12.6 Å². The minimum atomic E-state index is -0.811. The summed E-state index contributed by atoms with van der Waals surface area (Å²) in [7, 11) is 0. The van der Waals surface area contributed by atoms with Crippen molar-refractivity contribution >= 4 is 5.91 Å². The van der Waals surface area contributed by atoms with Crippen molar-refractivity contribution in [1.29, 1.82) is 5.26 Å². The van der Waals surface area contributed by atoms with Gasteiger partial charge in [-0.25, -0.2) is 0 Å². The molecular formula is C15H27N3O3. The first kappa shape index (κ1) is 17.7. The molecule has 1 aliphatic rings. The number of amides is 1. The number of nitriles is 1. The molecule has 0 radical (unpaired) electrons. The first-order valence-electron chi connectivity index (χ1n) is 7.53. The van der Waals surface area contributed by atoms with Crippen LogP contribution >= 0.6 is 0 Å². The molecule has 1 amide bonds. The number of nitrogens with zero attached hydrogens (tertiary/aromatic N) is 2. The summed E-state index contributed by atoms with van der Waals surface area (Å²) < 4.78 is 0. The van der Waals surface area contributed by atoms with Gasteiger partial charge in [0.1, 0.15) is 6.04 Å². The number of carbonyl (C=O) groups is 1. The highest BCUT2D eigenvalue weighted by Gasteiger charge is 2.38. The molecule has 1 saturated heterocycles. The molecule has 3 atom stereocenters. The number of aliphatic hydroxyl groups is 2. The predicted octanol–water partition coefficient (Wildman–Crippen LogP) is 0.596. The summed E-state index contributed by atoms with van der Waals surface area (Å²) in [6, 6.07) is -0.289. The van der Waals surface area contributed by atoms with Gasteiger partial charge in [0.25, 0.3) is 0 Å². The van der Waals surface area contributed by atoms with Crippen LogP contribution in [0.3, 0.4) is 0 Å². The molecule has 6 heteroatoms. The molecule has 1 aliphatic heterocycles. The lowest BCUT2D eigenvalue weighted by Gasteiger charge is -2.29. The molecule has 1 rings (SSSR count). The van der Waals surface area contributed by atoms with Crippen LogP contribution in [0, 0.1) is 16.9 Å². The third-order valence-corrected chi connectivity index (χ3v) is 3.76. The van der Waals surface area contributed by atoms with Crippen LogP contribution in [-0.2, 0) is 4.79 Å². The highest BCUT2D eigenvalue weighted by atomic mass is 16.3. The van der Waals surface area contributed by atoms with Crippen molar-refractivity contribution in [2.24, 2.45) is 5.41 Å². The zero-order chi connectivity index (χ0) is 16.0. The Balaban J connectivity index is 2.51. The van der Waals surface area contributed by atoms with Crippen LogP contribution in [0.2, 0.25) is 0 Å². The van der Waals surface area contributed by atoms with E-state index in [2.05, 4.69) is 32.3 Å². The Hall–Kier alpha value is -1.32. The van der Waals surface area contributed by atoms with E-state index in [0.29, 0.717) is 19.4 Å². The van der Waals surface area contributed by atoms with Crippen molar-refractivity contribution in [2.45, 2.75) is 64.6 Å². The smallest absolute Gasteiger partial charge is 0.243 e. The molecule has 120 valence electrons. The molecule has 0 aromatic carbocycles. The van der Waals surface area contributed by atoms with Gasteiger partial charge in [0.05, 0.1) is 12.7 Å². The molecule has 0 bridgehead atoms. The summed E-state index contributed by atoms with van der Waals surface area (Å²) in [4.78, 5) is 13.8. The van der Waals surface area contributed by atoms with Crippen LogP contribution in [0.5, 0.6) is 0 Å². The molecule has 0 aliphatic carbocycles. The van der Waals surface area contributed by atoms with E-state index in [-0.39, 0.29) is 24.0 Å². The molecule has 0 spiro atoms. The lowest BCUT2D eigenvalue weighted by atomic mass is 9.87. The van der Waals surface area contributed by atoms with Gasteiger partial charge in [-0.15, -0.1) is 0 Å². The molecule has 21 heavy (non-hydrogen) atoms. The van der Waals surface area contributed by atoms with Gasteiger partial charge in [0.2, 0.25) is 5.91 Å². The monoisotopic (exact) mass is 297 g/mol. The van der Waals surface area contributed by atoms with Crippen LogP contribution in [0.4, 0.5) is 0 Å². The Morgan fingerprint density at radius 1 is 1.48 bits per heavy atom. The Kier molecular flexibility index (Phi) is 6.43. The summed E-state index contributed by atoms with van der Waals surface area (Å²) in [6.45, 7) is 6.39. The van der Waals surface area contributed by atoms with Gasteiger partial charge in [-0.3, -0.25) is 9.69 Å². The minimum Gasteiger partial charge on any atom is -0.394 e. The minimum absolute atomic E-state index is 0.119. The van der Waals surface area contributed by atoms with E-state index in [0.717, 1.165) is 12.8 Å². The van der Waals surface area contributed by atoms with E-state index in [1.807, 2.05) is 0 Å². The molecule has 3 N–H and O–H groups in total. The summed E-state index contributed by atoms with van der Waals surface area (Å²) >= 11 is 0. The maximum absolute atomic E-state index is 12.1. The maximum Gasteiger partial charge on any atom is 0.243 e. The van der Waals surface area contributed by atoms with E-state index < -0.39 is 12.1 Å². The number of hydrogen-bond acceptors (Lipinski definition) is 5. The molecule has 6 nitrogen and oxygen atoms in total. The molecule has 2 unspecified atom stereocenters. The Labute approximate surface area is 126 Å². The standard InChI is InChI=1S/C15H27N3O3/c1-15(2,3)8-11-4-5-13(18(11)10-16)14(21)17-7-6-12(20)9-19/h11-13,19-20H,4-9H2,1-3H3,(H,17,21)/t11?,12-,13?/m0/s1. The van der Waals surface area contributed by atoms with Crippen molar-refractivity contribution in [1.82, 2.24) is 10.2 Å². The summed E-state index contributed by atoms with van der Waals surface area (Å²) in [5.41, 5.74) is 0.121. The van der Waals surface area contributed by atoms with Crippen molar-refractivity contribution in [3.63, 3.8) is 0 Å². The number of hydrogen-bond donors (Lipinski definition) is 3. The Bertz CT molecular complexity index is 387. The van der Waals surface area contributed by atoms with E-state index in [1.54, 1.807) is 4.90 Å². The second-order valence-electron chi connectivity index (χ2n) is 6.94. The number of rotatable bonds is 6. The SMILES string of the molecule is CC(C)(C)CC1CCC(C(=O)NCC[C@H](O)CO)N1C#N. The second-order valence-corrected chi connectivity index (χ2v) is 6.94. The third kappa shape index (κ3) is 5.52. The lowest BCUT2D eigenvalue weighted by molar-refractivity contribution is -0.125. The first-order chi connectivity index (χ1) is 9.78. The van der Waals surface area contributed by atoms with Gasteiger partial charge < -0.3 is 15.5 Å². The zero-order valence-corrected chi connectivity index (χ0v) is 13.2. The number of nitrogens with one attached hydrogen (secondary N) is 1. The van der Waals surface area contributed by atoms with E-state index in [9.17, 15) is 15.2 Å². The van der Waals surface area contributed by atoms with Gasteiger partial charge in [-0.1, -0.05) is 20.8 Å². The van der Waals surface area contributed by atoms with Crippen LogP contribution in [0.25, 0.3) is 0 Å². The van der Waals surface area contributed by atoms with Crippen molar-refractivity contribution < 1.29 is 15.0 Å². The van der Waals surface area contributed by atoms with Crippen LogP contribution in [-0.4, -0.2) is 52.4 Å². The lowest BCUT2D eigenvalue weighted by Crippen LogP contribution is -2.45. The molecule has 0 aromatic heterocycles. The quantitative estimate of drug-likeness (QED) is 0.624. The number of carbonyl (C=O) groups excluding carboxylic acids is 1. The highest BCUT2D eigenvalue weighted by molar-refractivity contribution is 5.82. The maximum atomic E-state index is 12.1. The summed E-state index contributed by atoms with van der Waals surface area (Å²) in [6.07, 6.45) is 4.08. The van der Waals surface area contributed by atoms with Crippen LogP contribution in [0.15, 0.2) is 0 Å². The molecule has 1 heterocycles. The van der Waals surface area contributed by atoms with Gasteiger partial charge in [-0.05, 0) is 31.1 Å². The van der Waals surface area contributed by atoms with Gasteiger partial charge in [0.15, 0.2) is 6.19 Å². The fourth-order valence-corrected chi connectivity index (χ4v) is 2.77. The van der Waals surface area contributed by atoms with Crippen molar-refractivity contribution in [3.8, 4) is 6.19 Å². The zero-order valence-electron chi connectivity index (χ0n) is 13.2. The molecule has 0 saturated carbocycles. The van der Waals surface area contributed by atoms with Gasteiger partial charge >= 0.3 is 0 Å². The van der Waals surface area contributed by atoms with Crippen molar-refractivity contribution in [2.75, 3.05) is 13.2 Å². The molecular weight excluding hydrogens is 270 g/mol. The van der Waals surface area contributed by atoms with E-state index in [4.69, 9.17) is 5.11 Å². The average Bonchev–Trinajstić information content (AvgIpc) is 2.78. The third-order valence-electron chi connectivity index (χ3n) is 3.76. The van der Waals surface area contributed by atoms with E-state index in [1.165, 1.54) is 0 Å². The Morgan fingerprint density at radius 3 is 2.67 bits per heavy atom. The fraction of sp³-hybridized carbons (Fsp3) is 0.867. The molecule has 0 aromatic rings. The van der Waals surface area contributed by atoms with Gasteiger partial charge in [-0.2, -0.15) is 5.26 Å². The molecule has 1 fully saturated rings. The number of aliphatic hydroxyl groups excluding tert-OH is 2. The highest BCUT2D eigenvalue weighted by Crippen LogP contribution is 2.32. The topological polar surface area (TPSA) is 96.6 Å². The summed E-state index contributed by atoms with van der Waals surface area (Å²) in [5, 5.41) is 30.0.